The molecule has 0 aliphatic heterocycles. The lowest BCUT2D eigenvalue weighted by Gasteiger charge is -2.18. The van der Waals surface area contributed by atoms with Gasteiger partial charge in [0, 0.05) is 54.1 Å². The summed E-state index contributed by atoms with van der Waals surface area (Å²) in [6.07, 6.45) is 6.85. The number of hydrogen-bond donors (Lipinski definition) is 4. The molecule has 1 atom stereocenters. The summed E-state index contributed by atoms with van der Waals surface area (Å²) >= 11 is 0. The first-order chi connectivity index (χ1) is 16.4. The van der Waals surface area contributed by atoms with E-state index in [0.29, 0.717) is 0 Å². The fraction of sp³-hybridized carbons (Fsp3) is 0.321. The van der Waals surface area contributed by atoms with Crippen LogP contribution >= 0.6 is 0 Å². The van der Waals surface area contributed by atoms with Gasteiger partial charge in [-0.15, -0.1) is 0 Å². The van der Waals surface area contributed by atoms with Gasteiger partial charge >= 0.3 is 0 Å². The Morgan fingerprint density at radius 2 is 1.91 bits per heavy atom. The molecule has 0 bridgehead atoms. The molecule has 0 spiro atoms. The number of fused-ring (bicyclic) bond motifs is 2. The van der Waals surface area contributed by atoms with Crippen molar-refractivity contribution < 1.29 is 9.84 Å². The van der Waals surface area contributed by atoms with Crippen molar-refractivity contribution in [2.45, 2.75) is 44.8 Å². The number of pyridine rings is 1. The predicted octanol–water partition coefficient (Wildman–Crippen LogP) is 5.82. The zero-order valence-corrected chi connectivity index (χ0v) is 20.0. The predicted molar refractivity (Wildman–Crippen MR) is 138 cm³/mol. The summed E-state index contributed by atoms with van der Waals surface area (Å²) in [6, 6.07) is 16.5. The molecule has 5 rings (SSSR count). The Morgan fingerprint density at radius 3 is 2.68 bits per heavy atom. The van der Waals surface area contributed by atoms with Crippen LogP contribution in [0.25, 0.3) is 10.9 Å². The first-order valence-corrected chi connectivity index (χ1v) is 11.9. The fourth-order valence-electron chi connectivity index (χ4n) is 4.91. The number of nitrogens with one attached hydrogen (secondary N) is 3. The number of aromatic amines is 1. The van der Waals surface area contributed by atoms with E-state index in [1.807, 2.05) is 38.2 Å². The summed E-state index contributed by atoms with van der Waals surface area (Å²) in [5, 5.41) is 18.7. The molecule has 4 N–H and O–H groups in total. The number of para-hydroxylation sites is 1. The van der Waals surface area contributed by atoms with Crippen LogP contribution in [0.5, 0.6) is 0 Å². The lowest BCUT2D eigenvalue weighted by atomic mass is 9.95. The molecule has 1 aliphatic rings. The average molecular weight is 457 g/mol. The fourth-order valence-corrected chi connectivity index (χ4v) is 4.91. The number of hydrogen-bond acceptors (Lipinski definition) is 5. The smallest absolute Gasteiger partial charge is 0.0997 e. The molecule has 0 saturated heterocycles. The average Bonchev–Trinajstić information content (AvgIpc) is 3.44. The zero-order valence-electron chi connectivity index (χ0n) is 20.0. The molecular formula is C28H32N4O2. The molecular weight excluding hydrogens is 424 g/mol. The summed E-state index contributed by atoms with van der Waals surface area (Å²) in [6.45, 7) is 4.46. The van der Waals surface area contributed by atoms with Crippen molar-refractivity contribution in [1.29, 1.82) is 0 Å². The third-order valence-corrected chi connectivity index (χ3v) is 6.68. The van der Waals surface area contributed by atoms with Crippen LogP contribution in [0.2, 0.25) is 0 Å². The Balaban J connectivity index is 1.22. The van der Waals surface area contributed by atoms with Gasteiger partial charge in [-0.25, -0.2) is 0 Å². The number of nitrogens with zero attached hydrogens (tertiary/aromatic N) is 1. The Labute approximate surface area is 200 Å². The SMILES string of the molecule is COC1CCc2c(Nc3ccc(NCCc4c[nH]c5c(C(C)(C)O)cccc45)cc3)ccnc21. The monoisotopic (exact) mass is 456 g/mol. The minimum absolute atomic E-state index is 0.0993. The van der Waals surface area contributed by atoms with Crippen LogP contribution < -0.4 is 10.6 Å². The second kappa shape index (κ2) is 9.12. The number of anilines is 3. The Kier molecular flexibility index (Phi) is 6.02. The van der Waals surface area contributed by atoms with Crippen LogP contribution in [0, 0.1) is 0 Å². The number of methoxy groups -OCH3 is 1. The van der Waals surface area contributed by atoms with E-state index >= 15 is 0 Å². The van der Waals surface area contributed by atoms with Crippen LogP contribution in [-0.4, -0.2) is 28.7 Å². The maximum atomic E-state index is 10.5. The molecule has 2 heterocycles. The van der Waals surface area contributed by atoms with Gasteiger partial charge in [-0.1, -0.05) is 18.2 Å². The summed E-state index contributed by atoms with van der Waals surface area (Å²) in [5.41, 5.74) is 7.85. The summed E-state index contributed by atoms with van der Waals surface area (Å²) in [4.78, 5) is 7.89. The van der Waals surface area contributed by atoms with E-state index in [1.54, 1.807) is 7.11 Å². The van der Waals surface area contributed by atoms with Crippen molar-refractivity contribution >= 4 is 28.0 Å². The third kappa shape index (κ3) is 4.39. The van der Waals surface area contributed by atoms with Gasteiger partial charge in [0.15, 0.2) is 0 Å². The highest BCUT2D eigenvalue weighted by atomic mass is 16.5. The minimum atomic E-state index is -0.877. The molecule has 0 amide bonds. The third-order valence-electron chi connectivity index (χ3n) is 6.68. The van der Waals surface area contributed by atoms with E-state index in [2.05, 4.69) is 57.1 Å². The Morgan fingerprint density at radius 1 is 1.12 bits per heavy atom. The molecule has 0 fully saturated rings. The molecule has 4 aromatic rings. The lowest BCUT2D eigenvalue weighted by Crippen LogP contribution is -2.15. The summed E-state index contributed by atoms with van der Waals surface area (Å²) in [5.74, 6) is 0. The van der Waals surface area contributed by atoms with Gasteiger partial charge in [0.05, 0.1) is 22.9 Å². The maximum Gasteiger partial charge on any atom is 0.0997 e. The molecule has 2 aromatic carbocycles. The van der Waals surface area contributed by atoms with E-state index in [9.17, 15) is 5.11 Å². The van der Waals surface area contributed by atoms with Gasteiger partial charge in [-0.05, 0) is 74.6 Å². The van der Waals surface area contributed by atoms with Crippen molar-refractivity contribution in [2.75, 3.05) is 24.3 Å². The van der Waals surface area contributed by atoms with Crippen LogP contribution in [0.15, 0.2) is 60.9 Å². The summed E-state index contributed by atoms with van der Waals surface area (Å²) < 4.78 is 5.56. The summed E-state index contributed by atoms with van der Waals surface area (Å²) in [7, 11) is 1.75. The number of ether oxygens (including phenoxy) is 1. The number of benzene rings is 2. The van der Waals surface area contributed by atoms with Crippen molar-refractivity contribution in [1.82, 2.24) is 9.97 Å². The quantitative estimate of drug-likeness (QED) is 0.268. The highest BCUT2D eigenvalue weighted by Crippen LogP contribution is 2.37. The molecule has 176 valence electrons. The van der Waals surface area contributed by atoms with Crippen molar-refractivity contribution in [3.8, 4) is 0 Å². The van der Waals surface area contributed by atoms with Crippen LogP contribution in [0.4, 0.5) is 17.1 Å². The van der Waals surface area contributed by atoms with Crippen LogP contribution in [-0.2, 0) is 23.2 Å². The van der Waals surface area contributed by atoms with Gasteiger partial charge < -0.3 is 25.5 Å². The maximum absolute atomic E-state index is 10.5. The van der Waals surface area contributed by atoms with Gasteiger partial charge in [-0.3, -0.25) is 4.98 Å². The number of rotatable bonds is 8. The highest BCUT2D eigenvalue weighted by Gasteiger charge is 2.26. The number of H-pyrrole nitrogens is 1. The van der Waals surface area contributed by atoms with Crippen molar-refractivity contribution in [3.63, 3.8) is 0 Å². The molecule has 6 heteroatoms. The van der Waals surface area contributed by atoms with Crippen LogP contribution in [0.3, 0.4) is 0 Å². The standard InChI is InChI=1S/C28H32N4O2/c1-28(2,33)23-6-4-5-21-18(17-31-26(21)23)13-15-29-19-7-9-20(10-8-19)32-24-14-16-30-27-22(24)11-12-25(27)34-3/h4-10,14,16-17,25,29,31,33H,11-13,15H2,1-3H3,(H,30,32). The first-order valence-electron chi connectivity index (χ1n) is 11.9. The molecule has 6 nitrogen and oxygen atoms in total. The van der Waals surface area contributed by atoms with Gasteiger partial charge in [0.2, 0.25) is 0 Å². The molecule has 1 unspecified atom stereocenters. The van der Waals surface area contributed by atoms with Gasteiger partial charge in [-0.2, -0.15) is 0 Å². The second-order valence-corrected chi connectivity index (χ2v) is 9.47. The molecule has 2 aromatic heterocycles. The van der Waals surface area contributed by atoms with E-state index in [1.165, 1.54) is 16.5 Å². The molecule has 1 aliphatic carbocycles. The number of aliphatic hydroxyl groups is 1. The van der Waals surface area contributed by atoms with Gasteiger partial charge in [0.1, 0.15) is 0 Å². The van der Waals surface area contributed by atoms with Crippen molar-refractivity contribution in [2.24, 2.45) is 0 Å². The zero-order chi connectivity index (χ0) is 23.7. The second-order valence-electron chi connectivity index (χ2n) is 9.47. The largest absolute Gasteiger partial charge is 0.386 e. The topological polar surface area (TPSA) is 82.2 Å². The molecule has 0 radical (unpaired) electrons. The van der Waals surface area contributed by atoms with Crippen LogP contribution in [0.1, 0.15) is 48.8 Å². The normalized spacial score (nSPS) is 15.5. The molecule has 0 saturated carbocycles. The first kappa shape index (κ1) is 22.4. The van der Waals surface area contributed by atoms with Crippen molar-refractivity contribution in [3.05, 3.63) is 83.3 Å². The number of aromatic nitrogens is 2. The Bertz CT molecular complexity index is 1290. The Hall–Kier alpha value is -3.35. The van der Waals surface area contributed by atoms with E-state index in [4.69, 9.17) is 4.74 Å². The highest BCUT2D eigenvalue weighted by molar-refractivity contribution is 5.86. The lowest BCUT2D eigenvalue weighted by molar-refractivity contribution is 0.0800. The molecule has 34 heavy (non-hydrogen) atoms. The van der Waals surface area contributed by atoms with Gasteiger partial charge in [0.25, 0.3) is 0 Å². The van der Waals surface area contributed by atoms with E-state index < -0.39 is 5.60 Å². The van der Waals surface area contributed by atoms with E-state index in [0.717, 1.165) is 59.6 Å². The van der Waals surface area contributed by atoms with E-state index in [-0.39, 0.29) is 6.10 Å². The minimum Gasteiger partial charge on any atom is -0.386 e.